The van der Waals surface area contributed by atoms with Gasteiger partial charge in [-0.3, -0.25) is 19.8 Å². The lowest BCUT2D eigenvalue weighted by Gasteiger charge is -2.29. The average molecular weight is 420 g/mol. The van der Waals surface area contributed by atoms with E-state index in [2.05, 4.69) is 16.8 Å². The Morgan fingerprint density at radius 2 is 1.93 bits per heavy atom. The summed E-state index contributed by atoms with van der Waals surface area (Å²) in [5, 5.41) is 3.66. The molecule has 152 valence electrons. The van der Waals surface area contributed by atoms with E-state index in [9.17, 15) is 9.59 Å². The van der Waals surface area contributed by atoms with Crippen molar-refractivity contribution in [3.05, 3.63) is 65.9 Å². The standard InChI is InChI=1S/C23H21N3O3S/c1-3-11-25-14-15(18-9-4-5-10-20(18)25)12-19-21(27)24-23(30)26(22(19)28)16-7-6-8-17(13-16)29-2/h4-10,12-14H,3,11H2,1-2H3,(H,24,27,30)/b19-12-. The van der Waals surface area contributed by atoms with Crippen LogP contribution in [0.15, 0.2) is 60.3 Å². The molecular formula is C23H21N3O3S. The van der Waals surface area contributed by atoms with Crippen molar-refractivity contribution >= 4 is 51.8 Å². The topological polar surface area (TPSA) is 63.6 Å². The summed E-state index contributed by atoms with van der Waals surface area (Å²) in [5.41, 5.74) is 2.44. The number of methoxy groups -OCH3 is 1. The Bertz CT molecular complexity index is 1200. The highest BCUT2D eigenvalue weighted by molar-refractivity contribution is 7.80. The number of thiocarbonyl (C=S) groups is 1. The number of aryl methyl sites for hydroxylation is 1. The van der Waals surface area contributed by atoms with Gasteiger partial charge in [0.25, 0.3) is 11.8 Å². The van der Waals surface area contributed by atoms with Gasteiger partial charge < -0.3 is 9.30 Å². The van der Waals surface area contributed by atoms with Crippen LogP contribution in [0.1, 0.15) is 18.9 Å². The van der Waals surface area contributed by atoms with E-state index in [1.54, 1.807) is 37.5 Å². The van der Waals surface area contributed by atoms with Gasteiger partial charge in [-0.05, 0) is 42.9 Å². The van der Waals surface area contributed by atoms with Crippen molar-refractivity contribution in [2.45, 2.75) is 19.9 Å². The van der Waals surface area contributed by atoms with Crippen molar-refractivity contribution in [3.8, 4) is 5.75 Å². The van der Waals surface area contributed by atoms with Crippen LogP contribution in [-0.4, -0.2) is 28.6 Å². The summed E-state index contributed by atoms with van der Waals surface area (Å²) in [6, 6.07) is 14.9. The average Bonchev–Trinajstić information content (AvgIpc) is 3.09. The number of nitrogens with zero attached hydrogens (tertiary/aromatic N) is 2. The number of rotatable bonds is 5. The van der Waals surface area contributed by atoms with E-state index in [4.69, 9.17) is 17.0 Å². The van der Waals surface area contributed by atoms with Crippen LogP contribution in [0.4, 0.5) is 5.69 Å². The number of fused-ring (bicyclic) bond motifs is 1. The van der Waals surface area contributed by atoms with E-state index < -0.39 is 11.8 Å². The number of benzene rings is 2. The lowest BCUT2D eigenvalue weighted by molar-refractivity contribution is -0.122. The summed E-state index contributed by atoms with van der Waals surface area (Å²) in [6.07, 6.45) is 4.59. The smallest absolute Gasteiger partial charge is 0.270 e. The Labute approximate surface area is 179 Å². The van der Waals surface area contributed by atoms with Crippen LogP contribution in [0.5, 0.6) is 5.75 Å². The zero-order valence-corrected chi connectivity index (χ0v) is 17.5. The third-order valence-corrected chi connectivity index (χ3v) is 5.28. The molecule has 1 N–H and O–H groups in total. The molecule has 2 amide bonds. The summed E-state index contributed by atoms with van der Waals surface area (Å²) in [6.45, 7) is 2.96. The molecule has 0 radical (unpaired) electrons. The Morgan fingerprint density at radius 3 is 2.70 bits per heavy atom. The van der Waals surface area contributed by atoms with E-state index in [1.807, 2.05) is 30.5 Å². The van der Waals surface area contributed by atoms with Crippen LogP contribution < -0.4 is 15.0 Å². The van der Waals surface area contributed by atoms with Crippen LogP contribution in [-0.2, 0) is 16.1 Å². The number of hydrogen-bond acceptors (Lipinski definition) is 4. The number of nitrogens with one attached hydrogen (secondary N) is 1. The largest absolute Gasteiger partial charge is 0.497 e. The highest BCUT2D eigenvalue weighted by Gasteiger charge is 2.34. The summed E-state index contributed by atoms with van der Waals surface area (Å²) in [5.74, 6) is -0.381. The Hall–Kier alpha value is -3.45. The Balaban J connectivity index is 1.79. The highest BCUT2D eigenvalue weighted by atomic mass is 32.1. The van der Waals surface area contributed by atoms with Gasteiger partial charge in [0, 0.05) is 35.3 Å². The molecule has 30 heavy (non-hydrogen) atoms. The van der Waals surface area contributed by atoms with Gasteiger partial charge in [0.2, 0.25) is 0 Å². The van der Waals surface area contributed by atoms with Crippen molar-refractivity contribution in [1.82, 2.24) is 9.88 Å². The molecule has 3 aromatic rings. The van der Waals surface area contributed by atoms with Crippen LogP contribution in [0.3, 0.4) is 0 Å². The summed E-state index contributed by atoms with van der Waals surface area (Å²) >= 11 is 5.28. The van der Waals surface area contributed by atoms with Gasteiger partial charge in [-0.2, -0.15) is 0 Å². The molecule has 2 heterocycles. The molecule has 0 saturated carbocycles. The first-order valence-corrected chi connectivity index (χ1v) is 10.1. The van der Waals surface area contributed by atoms with Crippen molar-refractivity contribution in [3.63, 3.8) is 0 Å². The van der Waals surface area contributed by atoms with Crippen molar-refractivity contribution < 1.29 is 14.3 Å². The van der Waals surface area contributed by atoms with Gasteiger partial charge >= 0.3 is 0 Å². The first kappa shape index (κ1) is 19.8. The molecule has 6 nitrogen and oxygen atoms in total. The minimum absolute atomic E-state index is 0.0332. The third kappa shape index (κ3) is 3.48. The second kappa shape index (κ2) is 8.12. The fraction of sp³-hybridized carbons (Fsp3) is 0.174. The van der Waals surface area contributed by atoms with Crippen molar-refractivity contribution in [2.24, 2.45) is 0 Å². The van der Waals surface area contributed by atoms with Gasteiger partial charge in [0.15, 0.2) is 5.11 Å². The molecule has 0 unspecified atom stereocenters. The van der Waals surface area contributed by atoms with Gasteiger partial charge in [-0.25, -0.2) is 0 Å². The first-order valence-electron chi connectivity index (χ1n) is 9.67. The molecule has 1 saturated heterocycles. The summed E-state index contributed by atoms with van der Waals surface area (Å²) in [4.78, 5) is 27.2. The minimum Gasteiger partial charge on any atom is -0.497 e. The maximum absolute atomic E-state index is 13.3. The maximum atomic E-state index is 13.3. The second-order valence-electron chi connectivity index (χ2n) is 6.95. The summed E-state index contributed by atoms with van der Waals surface area (Å²) in [7, 11) is 1.55. The molecular weight excluding hydrogens is 398 g/mol. The van der Waals surface area contributed by atoms with E-state index >= 15 is 0 Å². The molecule has 2 aromatic carbocycles. The SMILES string of the molecule is CCCn1cc(/C=C2/C(=O)NC(=S)N(c3cccc(OC)c3)C2=O)c2ccccc21. The number of aromatic nitrogens is 1. The molecule has 0 atom stereocenters. The van der Waals surface area contributed by atoms with Gasteiger partial charge in [-0.1, -0.05) is 31.2 Å². The van der Waals surface area contributed by atoms with Crippen LogP contribution in [0.2, 0.25) is 0 Å². The minimum atomic E-state index is -0.503. The zero-order chi connectivity index (χ0) is 21.3. The number of carbonyl (C=O) groups excluding carboxylic acids is 2. The normalized spacial score (nSPS) is 15.7. The molecule has 4 rings (SSSR count). The van der Waals surface area contributed by atoms with Crippen molar-refractivity contribution in [1.29, 1.82) is 0 Å². The molecule has 1 fully saturated rings. The second-order valence-corrected chi connectivity index (χ2v) is 7.34. The Morgan fingerprint density at radius 1 is 1.13 bits per heavy atom. The zero-order valence-electron chi connectivity index (χ0n) is 16.7. The molecule has 1 aromatic heterocycles. The van der Waals surface area contributed by atoms with Crippen molar-refractivity contribution in [2.75, 3.05) is 12.0 Å². The monoisotopic (exact) mass is 419 g/mol. The van der Waals surface area contributed by atoms with E-state index in [1.165, 1.54) is 4.90 Å². The lowest BCUT2D eigenvalue weighted by Crippen LogP contribution is -2.54. The summed E-state index contributed by atoms with van der Waals surface area (Å²) < 4.78 is 7.38. The quantitative estimate of drug-likeness (QED) is 0.387. The number of hydrogen-bond donors (Lipinski definition) is 1. The number of anilines is 1. The van der Waals surface area contributed by atoms with E-state index in [0.717, 1.165) is 29.4 Å². The predicted molar refractivity (Wildman–Crippen MR) is 121 cm³/mol. The highest BCUT2D eigenvalue weighted by Crippen LogP contribution is 2.28. The number of amides is 2. The molecule has 1 aliphatic rings. The molecule has 1 aliphatic heterocycles. The first-order chi connectivity index (χ1) is 14.5. The fourth-order valence-electron chi connectivity index (χ4n) is 3.61. The van der Waals surface area contributed by atoms with Crippen LogP contribution in [0.25, 0.3) is 17.0 Å². The predicted octanol–water partition coefficient (Wildman–Crippen LogP) is 3.89. The molecule has 7 heteroatoms. The molecule has 0 aliphatic carbocycles. The van der Waals surface area contributed by atoms with Crippen LogP contribution in [0, 0.1) is 0 Å². The number of ether oxygens (including phenoxy) is 1. The van der Waals surface area contributed by atoms with Crippen LogP contribution >= 0.6 is 12.2 Å². The molecule has 0 spiro atoms. The van der Waals surface area contributed by atoms with Gasteiger partial charge in [0.1, 0.15) is 11.3 Å². The third-order valence-electron chi connectivity index (χ3n) is 5.00. The van der Waals surface area contributed by atoms with E-state index in [0.29, 0.717) is 11.4 Å². The van der Waals surface area contributed by atoms with E-state index in [-0.39, 0.29) is 10.7 Å². The Kier molecular flexibility index (Phi) is 5.37. The maximum Gasteiger partial charge on any atom is 0.270 e. The van der Waals surface area contributed by atoms with Gasteiger partial charge in [0.05, 0.1) is 12.8 Å². The fourth-order valence-corrected chi connectivity index (χ4v) is 3.89. The number of carbonyl (C=O) groups is 2. The number of para-hydroxylation sites is 1. The molecule has 0 bridgehead atoms. The lowest BCUT2D eigenvalue weighted by atomic mass is 10.1. The van der Waals surface area contributed by atoms with Gasteiger partial charge in [-0.15, -0.1) is 0 Å².